The summed E-state index contributed by atoms with van der Waals surface area (Å²) >= 11 is 1.40. The molecular weight excluding hydrogens is 238 g/mol. The minimum Gasteiger partial charge on any atom is -0.357 e. The minimum atomic E-state index is -0.414. The van der Waals surface area contributed by atoms with Gasteiger partial charge in [-0.1, -0.05) is 6.07 Å². The molecule has 0 radical (unpaired) electrons. The lowest BCUT2D eigenvalue weighted by Crippen LogP contribution is -2.59. The normalized spacial score (nSPS) is 20.1. The van der Waals surface area contributed by atoms with Gasteiger partial charge in [0.1, 0.15) is 6.04 Å². The first-order valence-electron chi connectivity index (χ1n) is 5.51. The van der Waals surface area contributed by atoms with Crippen LogP contribution in [0.1, 0.15) is 9.67 Å². The number of rotatable bonds is 2. The molecule has 1 aliphatic rings. The van der Waals surface area contributed by atoms with Crippen LogP contribution in [0.4, 0.5) is 0 Å². The zero-order valence-electron chi connectivity index (χ0n) is 9.60. The zero-order chi connectivity index (χ0) is 12.3. The van der Waals surface area contributed by atoms with Crippen LogP contribution >= 0.6 is 11.3 Å². The predicted octanol–water partition coefficient (Wildman–Crippen LogP) is -0.0919. The molecule has 1 aliphatic heterocycles. The first kappa shape index (κ1) is 12.1. The highest BCUT2D eigenvalue weighted by molar-refractivity contribution is 7.12. The minimum absolute atomic E-state index is 0.0601. The Hall–Kier alpha value is -1.40. The quantitative estimate of drug-likeness (QED) is 0.774. The van der Waals surface area contributed by atoms with Crippen molar-refractivity contribution in [3.05, 3.63) is 22.4 Å². The van der Waals surface area contributed by atoms with Gasteiger partial charge in [0.2, 0.25) is 5.91 Å². The van der Waals surface area contributed by atoms with Gasteiger partial charge in [-0.2, -0.15) is 0 Å². The Kier molecular flexibility index (Phi) is 3.75. The van der Waals surface area contributed by atoms with Gasteiger partial charge < -0.3 is 15.5 Å². The van der Waals surface area contributed by atoms with Crippen LogP contribution in [0.3, 0.4) is 0 Å². The summed E-state index contributed by atoms with van der Waals surface area (Å²) in [7, 11) is 1.59. The number of carbonyl (C=O) groups is 2. The Labute approximate surface area is 104 Å². The van der Waals surface area contributed by atoms with E-state index in [1.165, 1.54) is 11.3 Å². The Morgan fingerprint density at radius 1 is 1.59 bits per heavy atom. The molecule has 6 heteroatoms. The molecule has 1 atom stereocenters. The smallest absolute Gasteiger partial charge is 0.264 e. The zero-order valence-corrected chi connectivity index (χ0v) is 10.4. The van der Waals surface area contributed by atoms with Gasteiger partial charge in [0, 0.05) is 26.7 Å². The summed E-state index contributed by atoms with van der Waals surface area (Å²) in [5.74, 6) is -0.183. The van der Waals surface area contributed by atoms with Crippen molar-refractivity contribution in [3.63, 3.8) is 0 Å². The first-order valence-corrected chi connectivity index (χ1v) is 6.39. The van der Waals surface area contributed by atoms with Gasteiger partial charge in [0.05, 0.1) is 4.88 Å². The molecule has 2 heterocycles. The highest BCUT2D eigenvalue weighted by Crippen LogP contribution is 2.15. The van der Waals surface area contributed by atoms with Crippen molar-refractivity contribution in [1.29, 1.82) is 0 Å². The number of hydrogen-bond donors (Lipinski definition) is 2. The molecule has 0 aliphatic carbocycles. The molecule has 1 aromatic rings. The lowest BCUT2D eigenvalue weighted by Gasteiger charge is -2.34. The average molecular weight is 253 g/mol. The largest absolute Gasteiger partial charge is 0.357 e. The molecule has 1 aromatic heterocycles. The molecule has 2 rings (SSSR count). The number of amides is 2. The van der Waals surface area contributed by atoms with Crippen LogP contribution in [0.25, 0.3) is 0 Å². The molecule has 1 unspecified atom stereocenters. The molecule has 17 heavy (non-hydrogen) atoms. The lowest BCUT2D eigenvalue weighted by molar-refractivity contribution is -0.125. The van der Waals surface area contributed by atoms with Crippen molar-refractivity contribution in [3.8, 4) is 0 Å². The first-order chi connectivity index (χ1) is 8.24. The van der Waals surface area contributed by atoms with Gasteiger partial charge in [-0.3, -0.25) is 9.59 Å². The summed E-state index contributed by atoms with van der Waals surface area (Å²) in [6.07, 6.45) is 0. The second-order valence-electron chi connectivity index (χ2n) is 3.81. The van der Waals surface area contributed by atoms with E-state index in [4.69, 9.17) is 0 Å². The van der Waals surface area contributed by atoms with Crippen molar-refractivity contribution >= 4 is 23.2 Å². The fourth-order valence-corrected chi connectivity index (χ4v) is 2.57. The summed E-state index contributed by atoms with van der Waals surface area (Å²) in [6.45, 7) is 1.80. The van der Waals surface area contributed by atoms with Gasteiger partial charge in [-0.25, -0.2) is 0 Å². The maximum atomic E-state index is 12.2. The van der Waals surface area contributed by atoms with Crippen LogP contribution in [0.2, 0.25) is 0 Å². The van der Waals surface area contributed by atoms with E-state index in [1.807, 2.05) is 11.4 Å². The number of hydrogen-bond acceptors (Lipinski definition) is 4. The molecule has 1 saturated heterocycles. The number of likely N-dealkylation sites (N-methyl/N-ethyl adjacent to an activating group) is 1. The van der Waals surface area contributed by atoms with Crippen LogP contribution in [0.5, 0.6) is 0 Å². The summed E-state index contributed by atoms with van der Waals surface area (Å²) in [5.41, 5.74) is 0. The summed E-state index contributed by atoms with van der Waals surface area (Å²) in [5, 5.41) is 7.59. The van der Waals surface area contributed by atoms with E-state index in [0.29, 0.717) is 18.0 Å². The van der Waals surface area contributed by atoms with Crippen LogP contribution in [-0.2, 0) is 4.79 Å². The SMILES string of the molecule is CNC(=O)C1CNCCN1C(=O)c1cccs1. The molecule has 0 bridgehead atoms. The Morgan fingerprint density at radius 2 is 2.41 bits per heavy atom. The molecule has 1 fully saturated rings. The number of nitrogens with one attached hydrogen (secondary N) is 2. The molecule has 0 spiro atoms. The van der Waals surface area contributed by atoms with Crippen molar-refractivity contribution < 1.29 is 9.59 Å². The van der Waals surface area contributed by atoms with E-state index in [1.54, 1.807) is 18.0 Å². The third kappa shape index (κ3) is 2.48. The fourth-order valence-electron chi connectivity index (χ4n) is 1.89. The van der Waals surface area contributed by atoms with Gasteiger partial charge in [-0.15, -0.1) is 11.3 Å². The van der Waals surface area contributed by atoms with Crippen LogP contribution < -0.4 is 10.6 Å². The Morgan fingerprint density at radius 3 is 3.06 bits per heavy atom. The fraction of sp³-hybridized carbons (Fsp3) is 0.455. The van der Waals surface area contributed by atoms with E-state index >= 15 is 0 Å². The van der Waals surface area contributed by atoms with Crippen molar-refractivity contribution in [1.82, 2.24) is 15.5 Å². The third-order valence-electron chi connectivity index (χ3n) is 2.79. The summed E-state index contributed by atoms with van der Waals surface area (Å²) in [6, 6.07) is 3.22. The molecule has 2 N–H and O–H groups in total. The third-order valence-corrected chi connectivity index (χ3v) is 3.64. The average Bonchev–Trinajstić information content (AvgIpc) is 2.91. The number of piperazine rings is 1. The number of nitrogens with zero attached hydrogens (tertiary/aromatic N) is 1. The maximum absolute atomic E-state index is 12.2. The van der Waals surface area contributed by atoms with E-state index in [-0.39, 0.29) is 11.8 Å². The molecule has 5 nitrogen and oxygen atoms in total. The second-order valence-corrected chi connectivity index (χ2v) is 4.76. The summed E-state index contributed by atoms with van der Waals surface area (Å²) in [4.78, 5) is 26.3. The van der Waals surface area contributed by atoms with E-state index in [9.17, 15) is 9.59 Å². The van der Waals surface area contributed by atoms with E-state index in [0.717, 1.165) is 6.54 Å². The highest BCUT2D eigenvalue weighted by Gasteiger charge is 2.32. The summed E-state index contributed by atoms with van der Waals surface area (Å²) < 4.78 is 0. The van der Waals surface area contributed by atoms with Gasteiger partial charge in [0.25, 0.3) is 5.91 Å². The Bertz CT molecular complexity index is 405. The maximum Gasteiger partial charge on any atom is 0.264 e. The molecular formula is C11H15N3O2S. The molecule has 0 saturated carbocycles. The second kappa shape index (κ2) is 5.29. The highest BCUT2D eigenvalue weighted by atomic mass is 32.1. The van der Waals surface area contributed by atoms with Gasteiger partial charge in [0.15, 0.2) is 0 Å². The molecule has 92 valence electrons. The van der Waals surface area contributed by atoms with Crippen molar-refractivity contribution in [2.24, 2.45) is 0 Å². The molecule has 0 aromatic carbocycles. The topological polar surface area (TPSA) is 61.4 Å². The van der Waals surface area contributed by atoms with E-state index < -0.39 is 6.04 Å². The number of thiophene rings is 1. The monoisotopic (exact) mass is 253 g/mol. The molecule has 2 amide bonds. The predicted molar refractivity (Wildman–Crippen MR) is 66.1 cm³/mol. The van der Waals surface area contributed by atoms with Crippen LogP contribution in [-0.4, -0.2) is 49.4 Å². The number of carbonyl (C=O) groups excluding carboxylic acids is 2. The van der Waals surface area contributed by atoms with E-state index in [2.05, 4.69) is 10.6 Å². The Balaban J connectivity index is 2.16. The van der Waals surface area contributed by atoms with Crippen molar-refractivity contribution in [2.75, 3.05) is 26.7 Å². The van der Waals surface area contributed by atoms with Crippen LogP contribution in [0.15, 0.2) is 17.5 Å². The van der Waals surface area contributed by atoms with Gasteiger partial charge >= 0.3 is 0 Å². The van der Waals surface area contributed by atoms with Crippen LogP contribution in [0, 0.1) is 0 Å². The van der Waals surface area contributed by atoms with Gasteiger partial charge in [-0.05, 0) is 11.4 Å². The standard InChI is InChI=1S/C11H15N3O2S/c1-12-10(15)8-7-13-4-5-14(8)11(16)9-3-2-6-17-9/h2-3,6,8,13H,4-5,7H2,1H3,(H,12,15). The van der Waals surface area contributed by atoms with Crippen molar-refractivity contribution in [2.45, 2.75) is 6.04 Å². The lowest BCUT2D eigenvalue weighted by atomic mass is 10.1.